The second kappa shape index (κ2) is 10.1. The molecule has 2 aromatic carbocycles. The average Bonchev–Trinajstić information content (AvgIpc) is 3.22. The highest BCUT2D eigenvalue weighted by atomic mass is 19.1. The second-order valence-corrected chi connectivity index (χ2v) is 9.39. The Bertz CT molecular complexity index is 1570. The van der Waals surface area contributed by atoms with E-state index in [4.69, 9.17) is 14.9 Å². The van der Waals surface area contributed by atoms with E-state index in [-0.39, 0.29) is 11.5 Å². The first-order chi connectivity index (χ1) is 18.3. The Morgan fingerprint density at radius 1 is 1.00 bits per heavy atom. The molecule has 0 atom stereocenters. The van der Waals surface area contributed by atoms with Crippen LogP contribution in [0, 0.1) is 18.2 Å². The van der Waals surface area contributed by atoms with E-state index in [1.807, 2.05) is 36.1 Å². The lowest BCUT2D eigenvalue weighted by atomic mass is 9.88. The summed E-state index contributed by atoms with van der Waals surface area (Å²) in [5.74, 6) is 0.813. The highest BCUT2D eigenvalue weighted by Crippen LogP contribution is 2.34. The summed E-state index contributed by atoms with van der Waals surface area (Å²) in [6.45, 7) is 3.09. The Kier molecular flexibility index (Phi) is 6.71. The second-order valence-electron chi connectivity index (χ2n) is 9.39. The number of carbonyl (C=O) groups is 1. The number of pyridine rings is 1. The summed E-state index contributed by atoms with van der Waals surface area (Å²) < 4.78 is 27.8. The zero-order valence-corrected chi connectivity index (χ0v) is 21.8. The van der Waals surface area contributed by atoms with E-state index in [2.05, 4.69) is 10.1 Å². The summed E-state index contributed by atoms with van der Waals surface area (Å²) in [5.41, 5.74) is 5.58. The fraction of sp³-hybridized carbons (Fsp3) is 0.286. The van der Waals surface area contributed by atoms with Crippen molar-refractivity contribution in [2.45, 2.75) is 26.4 Å². The number of nitrogens with one attached hydrogen (secondary N) is 1. The van der Waals surface area contributed by atoms with E-state index in [0.29, 0.717) is 54.4 Å². The minimum atomic E-state index is -0.406. The molecule has 10 heteroatoms. The number of carbonyl (C=O) groups excluding carboxylic acids is 1. The third kappa shape index (κ3) is 4.77. The first-order valence-corrected chi connectivity index (χ1v) is 12.2. The maximum atomic E-state index is 13.9. The number of aryl methyl sites for hydroxylation is 2. The van der Waals surface area contributed by atoms with Crippen molar-refractivity contribution in [2.24, 2.45) is 7.05 Å². The van der Waals surface area contributed by atoms with Gasteiger partial charge in [-0.05, 0) is 65.9 Å². The number of rotatable bonds is 7. The zero-order valence-electron chi connectivity index (χ0n) is 21.8. The largest absolute Gasteiger partial charge is 0.497 e. The van der Waals surface area contributed by atoms with Crippen LogP contribution < -0.4 is 15.1 Å². The van der Waals surface area contributed by atoms with Crippen LogP contribution >= 0.6 is 0 Å². The van der Waals surface area contributed by atoms with Crippen molar-refractivity contribution in [3.63, 3.8) is 0 Å². The molecule has 9 nitrogen and oxygen atoms in total. The molecule has 0 radical (unpaired) electrons. The summed E-state index contributed by atoms with van der Waals surface area (Å²) in [6, 6.07) is 10.9. The minimum absolute atomic E-state index is 0.0989. The van der Waals surface area contributed by atoms with Crippen LogP contribution in [0.25, 0.3) is 11.3 Å². The van der Waals surface area contributed by atoms with Gasteiger partial charge in [0.2, 0.25) is 5.62 Å². The van der Waals surface area contributed by atoms with Gasteiger partial charge in [-0.1, -0.05) is 0 Å². The zero-order chi connectivity index (χ0) is 27.0. The molecular formula is C28H29FN6O3. The van der Waals surface area contributed by atoms with Gasteiger partial charge in [-0.3, -0.25) is 19.8 Å². The van der Waals surface area contributed by atoms with Crippen LogP contribution in [0.1, 0.15) is 32.6 Å². The lowest BCUT2D eigenvalue weighted by Crippen LogP contribution is -2.37. The number of nitrogens with zero attached hydrogens (tertiary/aromatic N) is 5. The van der Waals surface area contributed by atoms with E-state index < -0.39 is 5.82 Å². The molecule has 1 amide bonds. The number of hydrogen-bond donors (Lipinski definition) is 1. The van der Waals surface area contributed by atoms with Crippen molar-refractivity contribution in [3.8, 4) is 22.8 Å². The Balaban J connectivity index is 1.57. The van der Waals surface area contributed by atoms with Gasteiger partial charge in [0.1, 0.15) is 23.6 Å². The average molecular weight is 517 g/mol. The molecule has 2 aromatic heterocycles. The van der Waals surface area contributed by atoms with Crippen molar-refractivity contribution < 1.29 is 18.7 Å². The number of ether oxygens (including phenoxy) is 2. The highest BCUT2D eigenvalue weighted by Gasteiger charge is 2.28. The normalized spacial score (nSPS) is 13.0. The molecule has 3 heterocycles. The van der Waals surface area contributed by atoms with Crippen LogP contribution in [0.4, 0.5) is 4.39 Å². The molecule has 1 N–H and O–H groups in total. The van der Waals surface area contributed by atoms with E-state index >= 15 is 0 Å². The molecule has 196 valence electrons. The molecule has 0 spiro atoms. The van der Waals surface area contributed by atoms with Crippen molar-refractivity contribution in [3.05, 3.63) is 88.2 Å². The summed E-state index contributed by atoms with van der Waals surface area (Å²) in [5, 5.41) is 12.4. The quantitative estimate of drug-likeness (QED) is 0.406. The highest BCUT2D eigenvalue weighted by molar-refractivity contribution is 5.99. The number of halogens is 1. The Morgan fingerprint density at radius 2 is 1.68 bits per heavy atom. The summed E-state index contributed by atoms with van der Waals surface area (Å²) in [7, 11) is 4.90. The third-order valence-electron chi connectivity index (χ3n) is 6.84. The maximum absolute atomic E-state index is 13.9. The van der Waals surface area contributed by atoms with Gasteiger partial charge >= 0.3 is 0 Å². The third-order valence-corrected chi connectivity index (χ3v) is 6.84. The van der Waals surface area contributed by atoms with E-state index in [1.54, 1.807) is 38.2 Å². The first-order valence-electron chi connectivity index (χ1n) is 12.2. The van der Waals surface area contributed by atoms with Crippen LogP contribution in [0.3, 0.4) is 0 Å². The molecule has 0 bridgehead atoms. The van der Waals surface area contributed by atoms with Gasteiger partial charge in [0.05, 0.1) is 32.7 Å². The van der Waals surface area contributed by atoms with Gasteiger partial charge in [-0.25, -0.2) is 9.07 Å². The van der Waals surface area contributed by atoms with Gasteiger partial charge < -0.3 is 14.4 Å². The van der Waals surface area contributed by atoms with Crippen LogP contribution in [-0.4, -0.2) is 50.9 Å². The SMILES string of the molecule is COc1cc(CN2CCc3c(cc(Cn4cnn(C)c4=N)cc3-c3ncc(F)cc3C)C2=O)cc(OC)c1. The molecule has 0 unspecified atom stereocenters. The van der Waals surface area contributed by atoms with Crippen LogP contribution in [0.5, 0.6) is 11.5 Å². The number of aromatic nitrogens is 4. The maximum Gasteiger partial charge on any atom is 0.254 e. The molecule has 0 saturated carbocycles. The fourth-order valence-corrected chi connectivity index (χ4v) is 4.91. The van der Waals surface area contributed by atoms with Crippen molar-refractivity contribution in [2.75, 3.05) is 20.8 Å². The monoisotopic (exact) mass is 516 g/mol. The summed E-state index contributed by atoms with van der Waals surface area (Å²) in [6.07, 6.45) is 3.42. The Hall–Kier alpha value is -4.47. The molecule has 0 fully saturated rings. The molecule has 5 rings (SSSR count). The molecule has 4 aromatic rings. The van der Waals surface area contributed by atoms with Crippen molar-refractivity contribution in [1.82, 2.24) is 24.2 Å². The first kappa shape index (κ1) is 25.2. The molecule has 0 aliphatic carbocycles. The standard InChI is InChI=1S/C28H29FN6O3/c1-17-7-20(29)13-31-26(17)24-10-19(15-35-16-32-33(2)28(35)30)11-25-23(24)5-6-34(27(25)36)14-18-8-21(37-3)12-22(9-18)38-4/h7-13,16,30H,5-6,14-15H2,1-4H3. The van der Waals surface area contributed by atoms with Crippen molar-refractivity contribution in [1.29, 1.82) is 5.41 Å². The molecule has 38 heavy (non-hydrogen) atoms. The molecule has 1 aliphatic heterocycles. The topological polar surface area (TPSA) is 98.3 Å². The number of hydrogen-bond acceptors (Lipinski definition) is 6. The van der Waals surface area contributed by atoms with E-state index in [1.165, 1.54) is 16.9 Å². The van der Waals surface area contributed by atoms with Crippen LogP contribution in [-0.2, 0) is 26.6 Å². The summed E-state index contributed by atoms with van der Waals surface area (Å²) in [4.78, 5) is 20.0. The lowest BCUT2D eigenvalue weighted by Gasteiger charge is -2.31. The predicted molar refractivity (Wildman–Crippen MR) is 139 cm³/mol. The minimum Gasteiger partial charge on any atom is -0.497 e. The number of fused-ring (bicyclic) bond motifs is 1. The number of amides is 1. The molecular weight excluding hydrogens is 487 g/mol. The number of benzene rings is 2. The van der Waals surface area contributed by atoms with Crippen LogP contribution in [0.2, 0.25) is 0 Å². The smallest absolute Gasteiger partial charge is 0.254 e. The van der Waals surface area contributed by atoms with E-state index in [9.17, 15) is 9.18 Å². The predicted octanol–water partition coefficient (Wildman–Crippen LogP) is 3.47. The van der Waals surface area contributed by atoms with Gasteiger partial charge in [0, 0.05) is 37.3 Å². The van der Waals surface area contributed by atoms with Gasteiger partial charge in [0.15, 0.2) is 0 Å². The Morgan fingerprint density at radius 3 is 2.32 bits per heavy atom. The van der Waals surface area contributed by atoms with Gasteiger partial charge in [-0.2, -0.15) is 5.10 Å². The van der Waals surface area contributed by atoms with Crippen molar-refractivity contribution >= 4 is 5.91 Å². The van der Waals surface area contributed by atoms with E-state index in [0.717, 1.165) is 22.3 Å². The molecule has 1 aliphatic rings. The van der Waals surface area contributed by atoms with Gasteiger partial charge in [-0.15, -0.1) is 0 Å². The summed E-state index contributed by atoms with van der Waals surface area (Å²) >= 11 is 0. The lowest BCUT2D eigenvalue weighted by molar-refractivity contribution is 0.0726. The van der Waals surface area contributed by atoms with Crippen LogP contribution in [0.15, 0.2) is 48.9 Å². The number of methoxy groups -OCH3 is 2. The van der Waals surface area contributed by atoms with Gasteiger partial charge in [0.25, 0.3) is 5.91 Å². The Labute approximate surface area is 219 Å². The molecule has 0 saturated heterocycles. The fourth-order valence-electron chi connectivity index (χ4n) is 4.91.